The van der Waals surface area contributed by atoms with Crippen molar-refractivity contribution in [2.24, 2.45) is 0 Å². The van der Waals surface area contributed by atoms with Gasteiger partial charge in [0.2, 0.25) is 10.0 Å². The maximum Gasteiger partial charge on any atom is 0.251 e. The van der Waals surface area contributed by atoms with Crippen LogP contribution in [0.15, 0.2) is 52.1 Å². The molecule has 0 saturated carbocycles. The highest BCUT2D eigenvalue weighted by Gasteiger charge is 2.28. The van der Waals surface area contributed by atoms with E-state index in [2.05, 4.69) is 26.2 Å². The molecule has 1 aromatic carbocycles. The van der Waals surface area contributed by atoms with E-state index in [0.29, 0.717) is 29.7 Å². The number of amides is 1. The Bertz CT molecular complexity index is 882. The van der Waals surface area contributed by atoms with E-state index >= 15 is 0 Å². The molecule has 6 nitrogen and oxygen atoms in total. The molecule has 0 spiro atoms. The average Bonchev–Trinajstić information content (AvgIpc) is 2.68. The van der Waals surface area contributed by atoms with Gasteiger partial charge in [-0.1, -0.05) is 12.5 Å². The summed E-state index contributed by atoms with van der Waals surface area (Å²) >= 11 is 3.31. The van der Waals surface area contributed by atoms with E-state index in [-0.39, 0.29) is 10.8 Å². The van der Waals surface area contributed by atoms with Gasteiger partial charge in [-0.2, -0.15) is 4.31 Å². The van der Waals surface area contributed by atoms with Gasteiger partial charge < -0.3 is 5.32 Å². The second-order valence-corrected chi connectivity index (χ2v) is 8.91. The number of aromatic nitrogens is 1. The summed E-state index contributed by atoms with van der Waals surface area (Å²) in [7, 11) is -3.62. The number of rotatable bonds is 5. The van der Waals surface area contributed by atoms with Crippen molar-refractivity contribution in [2.75, 3.05) is 13.1 Å². The van der Waals surface area contributed by atoms with Gasteiger partial charge in [0.05, 0.1) is 4.90 Å². The van der Waals surface area contributed by atoms with E-state index in [0.717, 1.165) is 24.8 Å². The standard InChI is InChI=1S/C18H20BrN3O3S/c19-16-7-6-15(18(23)21-13-14-5-4-8-20-12-14)11-17(16)26(24,25)22-9-2-1-3-10-22/h4-8,11-12H,1-3,9-10,13H2,(H,21,23). The number of carbonyl (C=O) groups is 1. The first-order chi connectivity index (χ1) is 12.5. The van der Waals surface area contributed by atoms with Gasteiger partial charge in [0, 0.05) is 42.1 Å². The molecule has 1 N–H and O–H groups in total. The maximum atomic E-state index is 12.9. The fourth-order valence-electron chi connectivity index (χ4n) is 2.87. The number of piperidine rings is 1. The normalized spacial score (nSPS) is 15.6. The molecule has 1 aliphatic rings. The molecule has 26 heavy (non-hydrogen) atoms. The molecule has 8 heteroatoms. The monoisotopic (exact) mass is 437 g/mol. The summed E-state index contributed by atoms with van der Waals surface area (Å²) in [5.74, 6) is -0.323. The van der Waals surface area contributed by atoms with Gasteiger partial charge in [-0.05, 0) is 58.6 Å². The van der Waals surface area contributed by atoms with Crippen LogP contribution in [0.1, 0.15) is 35.2 Å². The van der Waals surface area contributed by atoms with Crippen molar-refractivity contribution in [3.63, 3.8) is 0 Å². The molecule has 0 radical (unpaired) electrons. The van der Waals surface area contributed by atoms with E-state index in [1.807, 2.05) is 6.07 Å². The molecular formula is C18H20BrN3O3S. The predicted molar refractivity (Wildman–Crippen MR) is 102 cm³/mol. The summed E-state index contributed by atoms with van der Waals surface area (Å²) in [6.07, 6.45) is 6.11. The Kier molecular flexibility index (Phi) is 6.05. The third-order valence-corrected chi connectivity index (χ3v) is 7.19. The van der Waals surface area contributed by atoms with Gasteiger partial charge in [0.25, 0.3) is 5.91 Å². The summed E-state index contributed by atoms with van der Waals surface area (Å²) in [4.78, 5) is 16.6. The molecule has 2 aromatic rings. The molecule has 1 amide bonds. The smallest absolute Gasteiger partial charge is 0.251 e. The molecule has 138 valence electrons. The molecule has 0 atom stereocenters. The number of sulfonamides is 1. The second kappa shape index (κ2) is 8.28. The fourth-order valence-corrected chi connectivity index (χ4v) is 5.34. The molecule has 1 aromatic heterocycles. The number of hydrogen-bond acceptors (Lipinski definition) is 4. The first-order valence-electron chi connectivity index (χ1n) is 8.45. The lowest BCUT2D eigenvalue weighted by molar-refractivity contribution is 0.0950. The van der Waals surface area contributed by atoms with Crippen molar-refractivity contribution < 1.29 is 13.2 Å². The van der Waals surface area contributed by atoms with Crippen LogP contribution in [-0.4, -0.2) is 36.7 Å². The fraction of sp³-hybridized carbons (Fsp3) is 0.333. The Balaban J connectivity index is 1.79. The van der Waals surface area contributed by atoms with Crippen LogP contribution in [0.4, 0.5) is 0 Å². The SMILES string of the molecule is O=C(NCc1cccnc1)c1ccc(Br)c(S(=O)(=O)N2CCCCC2)c1. The summed E-state index contributed by atoms with van der Waals surface area (Å²) in [5.41, 5.74) is 1.19. The van der Waals surface area contributed by atoms with Crippen LogP contribution in [0.25, 0.3) is 0 Å². The molecule has 0 unspecified atom stereocenters. The number of hydrogen-bond donors (Lipinski definition) is 1. The number of carbonyl (C=O) groups excluding carboxylic acids is 1. The third kappa shape index (κ3) is 4.31. The van der Waals surface area contributed by atoms with Gasteiger partial charge >= 0.3 is 0 Å². The zero-order chi connectivity index (χ0) is 18.6. The van der Waals surface area contributed by atoms with E-state index in [1.165, 1.54) is 10.4 Å². The Hall–Kier alpha value is -1.77. The summed E-state index contributed by atoms with van der Waals surface area (Å²) < 4.78 is 27.8. The highest BCUT2D eigenvalue weighted by Crippen LogP contribution is 2.28. The Morgan fingerprint density at radius 1 is 1.19 bits per heavy atom. The zero-order valence-corrected chi connectivity index (χ0v) is 16.6. The van der Waals surface area contributed by atoms with Gasteiger partial charge in [0.15, 0.2) is 0 Å². The topological polar surface area (TPSA) is 79.4 Å². The molecule has 0 bridgehead atoms. The van der Waals surface area contributed by atoms with E-state index in [9.17, 15) is 13.2 Å². The average molecular weight is 438 g/mol. The third-order valence-electron chi connectivity index (χ3n) is 4.30. The second-order valence-electron chi connectivity index (χ2n) is 6.15. The minimum absolute atomic E-state index is 0.133. The van der Waals surface area contributed by atoms with E-state index in [1.54, 1.807) is 30.6 Å². The lowest BCUT2D eigenvalue weighted by atomic mass is 10.2. The summed E-state index contributed by atoms with van der Waals surface area (Å²) in [6, 6.07) is 8.31. The van der Waals surface area contributed by atoms with Crippen molar-refractivity contribution in [3.8, 4) is 0 Å². The van der Waals surface area contributed by atoms with Crippen LogP contribution < -0.4 is 5.32 Å². The Morgan fingerprint density at radius 2 is 1.96 bits per heavy atom. The molecule has 1 saturated heterocycles. The largest absolute Gasteiger partial charge is 0.348 e. The van der Waals surface area contributed by atoms with Crippen LogP contribution in [0.2, 0.25) is 0 Å². The highest BCUT2D eigenvalue weighted by atomic mass is 79.9. The van der Waals surface area contributed by atoms with Crippen molar-refractivity contribution in [1.82, 2.24) is 14.6 Å². The maximum absolute atomic E-state index is 12.9. The Labute approximate surface area is 161 Å². The van der Waals surface area contributed by atoms with Crippen LogP contribution >= 0.6 is 15.9 Å². The van der Waals surface area contributed by atoms with Crippen LogP contribution in [0.3, 0.4) is 0 Å². The highest BCUT2D eigenvalue weighted by molar-refractivity contribution is 9.10. The number of halogens is 1. The zero-order valence-electron chi connectivity index (χ0n) is 14.2. The first kappa shape index (κ1) is 19.0. The van der Waals surface area contributed by atoms with E-state index in [4.69, 9.17) is 0 Å². The van der Waals surface area contributed by atoms with Gasteiger partial charge in [0.1, 0.15) is 0 Å². The number of nitrogens with zero attached hydrogens (tertiary/aromatic N) is 2. The van der Waals surface area contributed by atoms with Crippen molar-refractivity contribution in [2.45, 2.75) is 30.7 Å². The van der Waals surface area contributed by atoms with E-state index < -0.39 is 10.0 Å². The van der Waals surface area contributed by atoms with Crippen LogP contribution in [0.5, 0.6) is 0 Å². The molecular weight excluding hydrogens is 418 g/mol. The van der Waals surface area contributed by atoms with Gasteiger partial charge in [-0.25, -0.2) is 8.42 Å². The quantitative estimate of drug-likeness (QED) is 0.779. The molecule has 3 rings (SSSR count). The lowest BCUT2D eigenvalue weighted by Gasteiger charge is -2.26. The minimum Gasteiger partial charge on any atom is -0.348 e. The molecule has 2 heterocycles. The van der Waals surface area contributed by atoms with Crippen molar-refractivity contribution in [3.05, 3.63) is 58.3 Å². The minimum atomic E-state index is -3.62. The van der Waals surface area contributed by atoms with Gasteiger partial charge in [-0.15, -0.1) is 0 Å². The summed E-state index contributed by atoms with van der Waals surface area (Å²) in [6.45, 7) is 1.37. The molecule has 1 fully saturated rings. The predicted octanol–water partition coefficient (Wildman–Crippen LogP) is 2.95. The number of nitrogens with one attached hydrogen (secondary N) is 1. The molecule has 1 aliphatic heterocycles. The van der Waals surface area contributed by atoms with Crippen LogP contribution in [0, 0.1) is 0 Å². The number of pyridine rings is 1. The lowest BCUT2D eigenvalue weighted by Crippen LogP contribution is -2.36. The summed E-state index contributed by atoms with van der Waals surface area (Å²) in [5, 5.41) is 2.79. The molecule has 0 aliphatic carbocycles. The van der Waals surface area contributed by atoms with Crippen LogP contribution in [-0.2, 0) is 16.6 Å². The first-order valence-corrected chi connectivity index (χ1v) is 10.7. The van der Waals surface area contributed by atoms with Crippen molar-refractivity contribution in [1.29, 1.82) is 0 Å². The number of benzene rings is 1. The van der Waals surface area contributed by atoms with Gasteiger partial charge in [-0.3, -0.25) is 9.78 Å². The Morgan fingerprint density at radius 3 is 2.65 bits per heavy atom. The van der Waals surface area contributed by atoms with Crippen molar-refractivity contribution >= 4 is 31.9 Å².